The summed E-state index contributed by atoms with van der Waals surface area (Å²) in [7, 11) is 3.13. The number of fused-ring (bicyclic) bond motifs is 1. The van der Waals surface area contributed by atoms with E-state index in [1.807, 2.05) is 11.0 Å². The lowest BCUT2D eigenvalue weighted by atomic mass is 9.79. The van der Waals surface area contributed by atoms with Crippen molar-refractivity contribution in [3.05, 3.63) is 23.8 Å². The molecule has 0 aromatic heterocycles. The normalized spacial score (nSPS) is 29.2. The summed E-state index contributed by atoms with van der Waals surface area (Å²) in [4.78, 5) is 14.5. The van der Waals surface area contributed by atoms with Gasteiger partial charge in [-0.15, -0.1) is 0 Å². The van der Waals surface area contributed by atoms with Crippen molar-refractivity contribution in [1.29, 1.82) is 0 Å². The van der Waals surface area contributed by atoms with Gasteiger partial charge in [0.15, 0.2) is 11.5 Å². The van der Waals surface area contributed by atoms with E-state index in [0.29, 0.717) is 37.4 Å². The molecule has 0 unspecified atom stereocenters. The van der Waals surface area contributed by atoms with Gasteiger partial charge in [0.1, 0.15) is 0 Å². The Balaban J connectivity index is 1.61. The maximum atomic E-state index is 12.7. The van der Waals surface area contributed by atoms with E-state index >= 15 is 0 Å². The van der Waals surface area contributed by atoms with E-state index in [1.165, 1.54) is 0 Å². The maximum absolute atomic E-state index is 12.7. The molecular weight excluding hydrogens is 336 g/mol. The highest BCUT2D eigenvalue weighted by atomic mass is 16.5. The van der Waals surface area contributed by atoms with Gasteiger partial charge in [0, 0.05) is 25.6 Å². The number of methoxy groups -OCH3 is 2. The summed E-state index contributed by atoms with van der Waals surface area (Å²) in [5, 5.41) is 19.7. The first kappa shape index (κ1) is 18.9. The van der Waals surface area contributed by atoms with Crippen molar-refractivity contribution in [2.45, 2.75) is 37.5 Å². The summed E-state index contributed by atoms with van der Waals surface area (Å²) in [6.07, 6.45) is -0.0463. The highest BCUT2D eigenvalue weighted by Gasteiger charge is 2.42. The Morgan fingerprint density at radius 2 is 1.73 bits per heavy atom. The number of nitrogens with zero attached hydrogens (tertiary/aromatic N) is 1. The van der Waals surface area contributed by atoms with Crippen molar-refractivity contribution >= 4 is 5.91 Å². The van der Waals surface area contributed by atoms with Crippen LogP contribution in [0.25, 0.3) is 0 Å². The van der Waals surface area contributed by atoms with Gasteiger partial charge in [0.05, 0.1) is 26.4 Å². The molecule has 0 radical (unpaired) electrons. The lowest BCUT2D eigenvalue weighted by molar-refractivity contribution is -0.130. The smallest absolute Gasteiger partial charge is 0.224 e. The Hall–Kier alpha value is -1.83. The quantitative estimate of drug-likeness (QED) is 0.710. The first-order valence-electron chi connectivity index (χ1n) is 9.04. The Labute approximate surface area is 153 Å². The van der Waals surface area contributed by atoms with Gasteiger partial charge < -0.3 is 30.3 Å². The topological polar surface area (TPSA) is 105 Å². The second kappa shape index (κ2) is 7.82. The van der Waals surface area contributed by atoms with Crippen LogP contribution in [0.5, 0.6) is 11.5 Å². The molecule has 0 bridgehead atoms. The van der Waals surface area contributed by atoms with Crippen LogP contribution in [-0.4, -0.2) is 60.5 Å². The first-order chi connectivity index (χ1) is 12.4. The third-order valence-electron chi connectivity index (χ3n) is 5.69. The van der Waals surface area contributed by atoms with E-state index in [2.05, 4.69) is 0 Å². The number of carbonyl (C=O) groups excluding carboxylic acids is 1. The molecule has 144 valence electrons. The number of benzene rings is 1. The zero-order chi connectivity index (χ0) is 18.8. The van der Waals surface area contributed by atoms with Gasteiger partial charge in [-0.3, -0.25) is 4.79 Å². The largest absolute Gasteiger partial charge is 0.493 e. The average Bonchev–Trinajstić information content (AvgIpc) is 3.04. The molecule has 1 amide bonds. The average molecular weight is 364 g/mol. The SMILES string of the molecule is COc1ccc([C@@H](N)CC(=O)N2C[C@H]3C[C@H](O)[C@H](O)C[C@H]3C2)cc1OC. The summed E-state index contributed by atoms with van der Waals surface area (Å²) in [6, 6.07) is 5.00. The molecule has 1 aromatic carbocycles. The van der Waals surface area contributed by atoms with E-state index in [4.69, 9.17) is 15.2 Å². The number of hydrogen-bond acceptors (Lipinski definition) is 6. The van der Waals surface area contributed by atoms with Crippen LogP contribution < -0.4 is 15.2 Å². The number of amides is 1. The van der Waals surface area contributed by atoms with Gasteiger partial charge >= 0.3 is 0 Å². The van der Waals surface area contributed by atoms with Crippen molar-refractivity contribution in [2.24, 2.45) is 17.6 Å². The number of aliphatic hydroxyl groups is 2. The Morgan fingerprint density at radius 3 is 2.27 bits per heavy atom. The summed E-state index contributed by atoms with van der Waals surface area (Å²) < 4.78 is 10.5. The molecule has 1 aromatic rings. The zero-order valence-corrected chi connectivity index (χ0v) is 15.3. The van der Waals surface area contributed by atoms with Crippen LogP contribution in [-0.2, 0) is 4.79 Å². The third-order valence-corrected chi connectivity index (χ3v) is 5.69. The predicted molar refractivity (Wildman–Crippen MR) is 95.9 cm³/mol. The van der Waals surface area contributed by atoms with Crippen LogP contribution in [0.3, 0.4) is 0 Å². The van der Waals surface area contributed by atoms with Crippen LogP contribution in [0.1, 0.15) is 30.9 Å². The van der Waals surface area contributed by atoms with Crippen LogP contribution in [0.2, 0.25) is 0 Å². The van der Waals surface area contributed by atoms with Crippen LogP contribution in [0.4, 0.5) is 0 Å². The third kappa shape index (κ3) is 3.79. The molecule has 4 N–H and O–H groups in total. The molecule has 7 nitrogen and oxygen atoms in total. The van der Waals surface area contributed by atoms with Gasteiger partial charge in [-0.05, 0) is 42.4 Å². The lowest BCUT2D eigenvalue weighted by Gasteiger charge is -2.31. The minimum atomic E-state index is -0.680. The maximum Gasteiger partial charge on any atom is 0.224 e. The Morgan fingerprint density at radius 1 is 1.15 bits per heavy atom. The van der Waals surface area contributed by atoms with Crippen molar-refractivity contribution in [3.63, 3.8) is 0 Å². The molecule has 7 heteroatoms. The van der Waals surface area contributed by atoms with Gasteiger partial charge in [0.25, 0.3) is 0 Å². The summed E-state index contributed by atoms with van der Waals surface area (Å²) in [6.45, 7) is 1.26. The fourth-order valence-corrected chi connectivity index (χ4v) is 4.13. The van der Waals surface area contributed by atoms with Crippen molar-refractivity contribution in [3.8, 4) is 11.5 Å². The van der Waals surface area contributed by atoms with Crippen molar-refractivity contribution in [1.82, 2.24) is 4.90 Å². The Kier molecular flexibility index (Phi) is 5.70. The highest BCUT2D eigenvalue weighted by molar-refractivity contribution is 5.77. The molecule has 1 heterocycles. The van der Waals surface area contributed by atoms with E-state index < -0.39 is 18.2 Å². The molecule has 1 aliphatic heterocycles. The second-order valence-corrected chi connectivity index (χ2v) is 7.35. The fraction of sp³-hybridized carbons (Fsp3) is 0.632. The number of likely N-dealkylation sites (tertiary alicyclic amines) is 1. The predicted octanol–water partition coefficient (Wildman–Crippen LogP) is 0.684. The molecule has 2 fully saturated rings. The van der Waals surface area contributed by atoms with E-state index in [-0.39, 0.29) is 24.2 Å². The van der Waals surface area contributed by atoms with Crippen LogP contribution >= 0.6 is 0 Å². The number of hydrogen-bond donors (Lipinski definition) is 3. The molecule has 0 spiro atoms. The molecule has 3 rings (SSSR count). The van der Waals surface area contributed by atoms with Crippen molar-refractivity contribution in [2.75, 3.05) is 27.3 Å². The number of carbonyl (C=O) groups is 1. The molecule has 5 atom stereocenters. The van der Waals surface area contributed by atoms with E-state index in [1.54, 1.807) is 26.4 Å². The van der Waals surface area contributed by atoms with Gasteiger partial charge in [-0.25, -0.2) is 0 Å². The molecule has 2 aliphatic rings. The number of rotatable bonds is 5. The molecule has 26 heavy (non-hydrogen) atoms. The summed E-state index contributed by atoms with van der Waals surface area (Å²) in [5.74, 6) is 1.73. The Bertz CT molecular complexity index is 635. The minimum Gasteiger partial charge on any atom is -0.493 e. The number of nitrogens with two attached hydrogens (primary N) is 1. The highest BCUT2D eigenvalue weighted by Crippen LogP contribution is 2.37. The molecule has 1 aliphatic carbocycles. The van der Waals surface area contributed by atoms with E-state index in [9.17, 15) is 15.0 Å². The molecule has 1 saturated heterocycles. The molecule has 1 saturated carbocycles. The molecular formula is C19H28N2O5. The lowest BCUT2D eigenvalue weighted by Crippen LogP contribution is -2.38. The second-order valence-electron chi connectivity index (χ2n) is 7.35. The van der Waals surface area contributed by atoms with Crippen molar-refractivity contribution < 1.29 is 24.5 Å². The monoisotopic (exact) mass is 364 g/mol. The summed E-state index contributed by atoms with van der Waals surface area (Å²) in [5.41, 5.74) is 7.06. The first-order valence-corrected chi connectivity index (χ1v) is 9.04. The number of aliphatic hydroxyl groups excluding tert-OH is 2. The minimum absolute atomic E-state index is 0.00524. The van der Waals surface area contributed by atoms with E-state index in [0.717, 1.165) is 5.56 Å². The van der Waals surface area contributed by atoms with Crippen LogP contribution in [0.15, 0.2) is 18.2 Å². The van der Waals surface area contributed by atoms with Crippen LogP contribution in [0, 0.1) is 11.8 Å². The number of ether oxygens (including phenoxy) is 2. The fourth-order valence-electron chi connectivity index (χ4n) is 4.13. The van der Waals surface area contributed by atoms with Gasteiger partial charge in [0.2, 0.25) is 5.91 Å². The zero-order valence-electron chi connectivity index (χ0n) is 15.3. The standard InChI is InChI=1S/C19H28N2O5/c1-25-17-4-3-11(7-18(17)26-2)14(20)8-19(24)21-9-12-5-15(22)16(23)6-13(12)10-21/h3-4,7,12-16,22-23H,5-6,8-10,20H2,1-2H3/t12-,13+,14-,15+,16-/m0/s1. The van der Waals surface area contributed by atoms with Gasteiger partial charge in [-0.2, -0.15) is 0 Å². The summed E-state index contributed by atoms with van der Waals surface area (Å²) >= 11 is 0. The van der Waals surface area contributed by atoms with Gasteiger partial charge in [-0.1, -0.05) is 6.07 Å².